The van der Waals surface area contributed by atoms with Gasteiger partial charge in [-0.25, -0.2) is 0 Å². The zero-order valence-electron chi connectivity index (χ0n) is 16.1. The van der Waals surface area contributed by atoms with Crippen LogP contribution in [0.4, 0.5) is 0 Å². The molecule has 0 atom stereocenters. The van der Waals surface area contributed by atoms with Gasteiger partial charge in [-0.15, -0.1) is 0 Å². The second kappa shape index (κ2) is 9.53. The largest absolute Gasteiger partial charge is 0.489 e. The molecule has 0 spiro atoms. The van der Waals surface area contributed by atoms with E-state index in [9.17, 15) is 4.79 Å². The minimum Gasteiger partial charge on any atom is -0.489 e. The van der Waals surface area contributed by atoms with Gasteiger partial charge in [-0.3, -0.25) is 9.69 Å². The van der Waals surface area contributed by atoms with Crippen LogP contribution >= 0.6 is 0 Å². The van der Waals surface area contributed by atoms with E-state index >= 15 is 0 Å². The number of carbonyl (C=O) groups excluding carboxylic acids is 1. The molecule has 1 fully saturated rings. The van der Waals surface area contributed by atoms with Crippen LogP contribution in [0.15, 0.2) is 28.8 Å². The lowest BCUT2D eigenvalue weighted by molar-refractivity contribution is -0.120. The van der Waals surface area contributed by atoms with Crippen molar-refractivity contribution in [2.75, 3.05) is 39.3 Å². The SMILES string of the molecule is Cc1noc(C)c1COc1ccc(CC(=O)NCCN2CCNCC2)cc1. The molecule has 0 saturated carbocycles. The van der Waals surface area contributed by atoms with Crippen LogP contribution in [0, 0.1) is 13.8 Å². The number of rotatable bonds is 8. The molecule has 7 nitrogen and oxygen atoms in total. The maximum Gasteiger partial charge on any atom is 0.224 e. The van der Waals surface area contributed by atoms with Crippen molar-refractivity contribution in [2.45, 2.75) is 26.9 Å². The third-order valence-corrected chi connectivity index (χ3v) is 4.81. The van der Waals surface area contributed by atoms with Gasteiger partial charge in [0.1, 0.15) is 18.1 Å². The molecule has 2 aromatic rings. The lowest BCUT2D eigenvalue weighted by Gasteiger charge is -2.27. The number of carbonyl (C=O) groups is 1. The number of benzene rings is 1. The predicted molar refractivity (Wildman–Crippen MR) is 103 cm³/mol. The molecule has 2 N–H and O–H groups in total. The number of aromatic nitrogens is 1. The molecule has 1 saturated heterocycles. The summed E-state index contributed by atoms with van der Waals surface area (Å²) in [6.45, 7) is 9.95. The molecular formula is C20H28N4O3. The molecule has 0 radical (unpaired) electrons. The van der Waals surface area contributed by atoms with E-state index < -0.39 is 0 Å². The van der Waals surface area contributed by atoms with E-state index in [0.717, 1.165) is 61.1 Å². The number of piperazine rings is 1. The molecule has 3 rings (SSSR count). The lowest BCUT2D eigenvalue weighted by Crippen LogP contribution is -2.46. The molecule has 7 heteroatoms. The van der Waals surface area contributed by atoms with Crippen LogP contribution < -0.4 is 15.4 Å². The lowest BCUT2D eigenvalue weighted by atomic mass is 10.1. The van der Waals surface area contributed by atoms with Gasteiger partial charge in [0.15, 0.2) is 0 Å². The van der Waals surface area contributed by atoms with Crippen LogP contribution in [0.5, 0.6) is 5.75 Å². The standard InChI is InChI=1S/C20H28N4O3/c1-15-19(16(2)27-23-15)14-26-18-5-3-17(4-6-18)13-20(25)22-9-12-24-10-7-21-8-11-24/h3-6,21H,7-14H2,1-2H3,(H,22,25). The average molecular weight is 372 g/mol. The highest BCUT2D eigenvalue weighted by atomic mass is 16.5. The predicted octanol–water partition coefficient (Wildman–Crippen LogP) is 1.43. The van der Waals surface area contributed by atoms with Crippen molar-refractivity contribution in [2.24, 2.45) is 0 Å². The van der Waals surface area contributed by atoms with E-state index in [1.165, 1.54) is 0 Å². The highest BCUT2D eigenvalue weighted by Gasteiger charge is 2.11. The molecular weight excluding hydrogens is 344 g/mol. The number of nitrogens with zero attached hydrogens (tertiary/aromatic N) is 2. The minimum atomic E-state index is 0.0505. The van der Waals surface area contributed by atoms with E-state index in [-0.39, 0.29) is 5.91 Å². The van der Waals surface area contributed by atoms with Crippen molar-refractivity contribution in [3.8, 4) is 5.75 Å². The van der Waals surface area contributed by atoms with E-state index in [1.54, 1.807) is 0 Å². The summed E-state index contributed by atoms with van der Waals surface area (Å²) in [4.78, 5) is 14.5. The van der Waals surface area contributed by atoms with E-state index in [0.29, 0.717) is 19.6 Å². The van der Waals surface area contributed by atoms with Crippen molar-refractivity contribution in [3.63, 3.8) is 0 Å². The number of amides is 1. The summed E-state index contributed by atoms with van der Waals surface area (Å²) in [5.74, 6) is 1.59. The van der Waals surface area contributed by atoms with E-state index in [1.807, 2.05) is 38.1 Å². The molecule has 146 valence electrons. The number of ether oxygens (including phenoxy) is 1. The Morgan fingerprint density at radius 3 is 2.67 bits per heavy atom. The van der Waals surface area contributed by atoms with Crippen LogP contribution in [-0.4, -0.2) is 55.2 Å². The van der Waals surface area contributed by atoms with Gasteiger partial charge in [-0.05, 0) is 31.5 Å². The monoisotopic (exact) mass is 372 g/mol. The van der Waals surface area contributed by atoms with Crippen molar-refractivity contribution in [1.29, 1.82) is 0 Å². The summed E-state index contributed by atoms with van der Waals surface area (Å²) >= 11 is 0. The fourth-order valence-electron chi connectivity index (χ4n) is 3.10. The molecule has 1 aliphatic heterocycles. The van der Waals surface area contributed by atoms with Gasteiger partial charge < -0.3 is 19.9 Å². The summed E-state index contributed by atoms with van der Waals surface area (Å²) in [6, 6.07) is 7.64. The van der Waals surface area contributed by atoms with Gasteiger partial charge in [-0.2, -0.15) is 0 Å². The average Bonchev–Trinajstić information content (AvgIpc) is 3.00. The fourth-order valence-corrected chi connectivity index (χ4v) is 3.10. The Balaban J connectivity index is 1.39. The highest BCUT2D eigenvalue weighted by Crippen LogP contribution is 2.18. The van der Waals surface area contributed by atoms with Crippen LogP contribution in [0.25, 0.3) is 0 Å². The van der Waals surface area contributed by atoms with Gasteiger partial charge in [0.05, 0.1) is 17.7 Å². The van der Waals surface area contributed by atoms with Crippen LogP contribution in [0.2, 0.25) is 0 Å². The molecule has 1 amide bonds. The normalized spacial score (nSPS) is 14.9. The number of nitrogens with one attached hydrogen (secondary N) is 2. The van der Waals surface area contributed by atoms with Gasteiger partial charge in [-0.1, -0.05) is 17.3 Å². The number of aryl methyl sites for hydroxylation is 2. The Kier molecular flexibility index (Phi) is 6.84. The van der Waals surface area contributed by atoms with Gasteiger partial charge in [0.2, 0.25) is 5.91 Å². The molecule has 0 aliphatic carbocycles. The van der Waals surface area contributed by atoms with Crippen molar-refractivity contribution >= 4 is 5.91 Å². The number of hydrogen-bond donors (Lipinski definition) is 2. The Labute approximate surface area is 160 Å². The third kappa shape index (κ3) is 5.80. The Morgan fingerprint density at radius 1 is 1.26 bits per heavy atom. The summed E-state index contributed by atoms with van der Waals surface area (Å²) in [6.07, 6.45) is 0.381. The van der Waals surface area contributed by atoms with Crippen molar-refractivity contribution in [1.82, 2.24) is 20.7 Å². The maximum atomic E-state index is 12.1. The van der Waals surface area contributed by atoms with Gasteiger partial charge >= 0.3 is 0 Å². The fraction of sp³-hybridized carbons (Fsp3) is 0.500. The van der Waals surface area contributed by atoms with Gasteiger partial charge in [0, 0.05) is 39.3 Å². The van der Waals surface area contributed by atoms with E-state index in [2.05, 4.69) is 20.7 Å². The molecule has 0 bridgehead atoms. The smallest absolute Gasteiger partial charge is 0.224 e. The second-order valence-corrected chi connectivity index (χ2v) is 6.85. The zero-order chi connectivity index (χ0) is 19.1. The van der Waals surface area contributed by atoms with Crippen LogP contribution in [0.3, 0.4) is 0 Å². The Morgan fingerprint density at radius 2 is 2.00 bits per heavy atom. The summed E-state index contributed by atoms with van der Waals surface area (Å²) in [5, 5.41) is 10.2. The van der Waals surface area contributed by atoms with Crippen LogP contribution in [-0.2, 0) is 17.8 Å². The summed E-state index contributed by atoms with van der Waals surface area (Å²) in [7, 11) is 0. The Bertz CT molecular complexity index is 717. The Hall–Kier alpha value is -2.38. The van der Waals surface area contributed by atoms with Crippen LogP contribution in [0.1, 0.15) is 22.6 Å². The molecule has 1 aliphatic rings. The third-order valence-electron chi connectivity index (χ3n) is 4.81. The quantitative estimate of drug-likeness (QED) is 0.730. The van der Waals surface area contributed by atoms with Crippen molar-refractivity contribution < 1.29 is 14.1 Å². The maximum absolute atomic E-state index is 12.1. The topological polar surface area (TPSA) is 79.6 Å². The zero-order valence-corrected chi connectivity index (χ0v) is 16.1. The minimum absolute atomic E-state index is 0.0505. The molecule has 2 heterocycles. The first-order valence-corrected chi connectivity index (χ1v) is 9.45. The first-order chi connectivity index (χ1) is 13.1. The number of hydrogen-bond acceptors (Lipinski definition) is 6. The summed E-state index contributed by atoms with van der Waals surface area (Å²) < 4.78 is 10.9. The van der Waals surface area contributed by atoms with Crippen molar-refractivity contribution in [3.05, 3.63) is 46.8 Å². The second-order valence-electron chi connectivity index (χ2n) is 6.85. The molecule has 1 aromatic heterocycles. The van der Waals surface area contributed by atoms with E-state index in [4.69, 9.17) is 9.26 Å². The molecule has 0 unspecified atom stereocenters. The molecule has 27 heavy (non-hydrogen) atoms. The highest BCUT2D eigenvalue weighted by molar-refractivity contribution is 5.78. The van der Waals surface area contributed by atoms with Gasteiger partial charge in [0.25, 0.3) is 0 Å². The first kappa shape index (κ1) is 19.4. The summed E-state index contributed by atoms with van der Waals surface area (Å²) in [5.41, 5.74) is 2.80. The first-order valence-electron chi connectivity index (χ1n) is 9.45. The molecule has 1 aromatic carbocycles.